The molecule has 0 radical (unpaired) electrons. The Morgan fingerprint density at radius 3 is 2.29 bits per heavy atom. The Morgan fingerprint density at radius 2 is 1.67 bits per heavy atom. The first-order chi connectivity index (χ1) is 11.4. The van der Waals surface area contributed by atoms with Gasteiger partial charge in [-0.15, -0.1) is 0 Å². The van der Waals surface area contributed by atoms with Gasteiger partial charge in [0.2, 0.25) is 0 Å². The second-order valence-electron chi connectivity index (χ2n) is 4.75. The molecular formula is C16H12Cl3N3O2. The van der Waals surface area contributed by atoms with Crippen molar-refractivity contribution in [2.24, 2.45) is 5.10 Å². The number of hydrogen-bond acceptors (Lipinski definition) is 3. The summed E-state index contributed by atoms with van der Waals surface area (Å²) in [5.74, 6) is -1.82. The van der Waals surface area contributed by atoms with Crippen molar-refractivity contribution >= 4 is 58.5 Å². The van der Waals surface area contributed by atoms with E-state index >= 15 is 0 Å². The molecule has 8 heteroatoms. The highest BCUT2D eigenvalue weighted by molar-refractivity contribution is 6.40. The van der Waals surface area contributed by atoms with Crippen molar-refractivity contribution in [3.05, 3.63) is 62.6 Å². The smallest absolute Gasteiger partial charge is 0.318 e. The van der Waals surface area contributed by atoms with E-state index in [1.807, 2.05) is 6.92 Å². The number of carbonyl (C=O) groups excluding carboxylic acids is 2. The first kappa shape index (κ1) is 18.3. The summed E-state index contributed by atoms with van der Waals surface area (Å²) in [6.45, 7) is 1.83. The fraction of sp³-hybridized carbons (Fsp3) is 0.0625. The van der Waals surface area contributed by atoms with E-state index in [1.54, 1.807) is 36.4 Å². The van der Waals surface area contributed by atoms with Crippen LogP contribution < -0.4 is 10.7 Å². The van der Waals surface area contributed by atoms with E-state index in [1.165, 1.54) is 6.21 Å². The second kappa shape index (κ2) is 8.15. The largest absolute Gasteiger partial charge is 0.329 e. The number of hydrazone groups is 1. The molecule has 2 N–H and O–H groups in total. The van der Waals surface area contributed by atoms with Crippen LogP contribution in [0.3, 0.4) is 0 Å². The zero-order chi connectivity index (χ0) is 17.7. The maximum atomic E-state index is 11.8. The molecule has 0 spiro atoms. The standard InChI is InChI=1S/C16H12Cl3N3O2/c1-9-5-6-10(7-14(9)19)21-15(23)16(24)22-20-8-11-12(17)3-2-4-13(11)18/h2-8H,1H3,(H,21,23)(H,22,24)/b20-8-. The van der Waals surface area contributed by atoms with Crippen LogP contribution in [-0.2, 0) is 9.59 Å². The second-order valence-corrected chi connectivity index (χ2v) is 5.97. The molecule has 0 aromatic heterocycles. The van der Waals surface area contributed by atoms with Crippen LogP contribution in [0.15, 0.2) is 41.5 Å². The van der Waals surface area contributed by atoms with Gasteiger partial charge in [-0.1, -0.05) is 46.9 Å². The third-order valence-electron chi connectivity index (χ3n) is 3.00. The summed E-state index contributed by atoms with van der Waals surface area (Å²) in [7, 11) is 0. The zero-order valence-electron chi connectivity index (χ0n) is 12.4. The van der Waals surface area contributed by atoms with E-state index in [4.69, 9.17) is 34.8 Å². The topological polar surface area (TPSA) is 70.6 Å². The number of anilines is 1. The van der Waals surface area contributed by atoms with Gasteiger partial charge in [-0.25, -0.2) is 5.43 Å². The molecule has 0 aliphatic rings. The number of benzene rings is 2. The number of hydrogen-bond donors (Lipinski definition) is 2. The molecule has 0 heterocycles. The van der Waals surface area contributed by atoms with Crippen LogP contribution in [0.1, 0.15) is 11.1 Å². The summed E-state index contributed by atoms with van der Waals surface area (Å²) in [6, 6.07) is 9.86. The van der Waals surface area contributed by atoms with Crippen LogP contribution in [0.4, 0.5) is 5.69 Å². The molecule has 2 aromatic rings. The van der Waals surface area contributed by atoms with Gasteiger partial charge in [0, 0.05) is 16.3 Å². The van der Waals surface area contributed by atoms with Gasteiger partial charge in [0.1, 0.15) is 0 Å². The van der Waals surface area contributed by atoms with Crippen molar-refractivity contribution in [3.63, 3.8) is 0 Å². The van der Waals surface area contributed by atoms with Crippen LogP contribution in [0.25, 0.3) is 0 Å². The summed E-state index contributed by atoms with van der Waals surface area (Å²) >= 11 is 17.9. The van der Waals surface area contributed by atoms with Gasteiger partial charge in [0.25, 0.3) is 0 Å². The Morgan fingerprint density at radius 1 is 1.00 bits per heavy atom. The average Bonchev–Trinajstić information content (AvgIpc) is 2.53. The predicted molar refractivity (Wildman–Crippen MR) is 97.0 cm³/mol. The Labute approximate surface area is 153 Å². The molecule has 24 heavy (non-hydrogen) atoms. The zero-order valence-corrected chi connectivity index (χ0v) is 14.7. The number of halogens is 3. The maximum Gasteiger partial charge on any atom is 0.329 e. The van der Waals surface area contributed by atoms with Gasteiger partial charge >= 0.3 is 11.8 Å². The average molecular weight is 385 g/mol. The van der Waals surface area contributed by atoms with Crippen molar-refractivity contribution < 1.29 is 9.59 Å². The lowest BCUT2D eigenvalue weighted by atomic mass is 10.2. The predicted octanol–water partition coefficient (Wildman–Crippen LogP) is 4.04. The van der Waals surface area contributed by atoms with Crippen LogP contribution in [-0.4, -0.2) is 18.0 Å². The number of aryl methyl sites for hydroxylation is 1. The summed E-state index contributed by atoms with van der Waals surface area (Å²) in [5.41, 5.74) is 3.80. The van der Waals surface area contributed by atoms with Crippen molar-refractivity contribution in [1.82, 2.24) is 5.43 Å². The molecule has 0 saturated carbocycles. The van der Waals surface area contributed by atoms with Gasteiger partial charge in [0.05, 0.1) is 16.3 Å². The highest BCUT2D eigenvalue weighted by Gasteiger charge is 2.13. The van der Waals surface area contributed by atoms with Crippen LogP contribution >= 0.6 is 34.8 Å². The van der Waals surface area contributed by atoms with E-state index in [-0.39, 0.29) is 0 Å². The maximum absolute atomic E-state index is 11.8. The fourth-order valence-electron chi connectivity index (χ4n) is 1.70. The van der Waals surface area contributed by atoms with E-state index < -0.39 is 11.8 Å². The number of nitrogens with zero attached hydrogens (tertiary/aromatic N) is 1. The van der Waals surface area contributed by atoms with Crippen LogP contribution in [0, 0.1) is 6.92 Å². The number of carbonyl (C=O) groups is 2. The van der Waals surface area contributed by atoms with Gasteiger partial charge in [0.15, 0.2) is 0 Å². The molecule has 0 aliphatic heterocycles. The number of rotatable bonds is 3. The van der Waals surface area contributed by atoms with Crippen molar-refractivity contribution in [2.75, 3.05) is 5.32 Å². The first-order valence-corrected chi connectivity index (χ1v) is 7.86. The highest BCUT2D eigenvalue weighted by atomic mass is 35.5. The molecule has 2 rings (SSSR count). The third kappa shape index (κ3) is 4.71. The molecular weight excluding hydrogens is 373 g/mol. The fourth-order valence-corrected chi connectivity index (χ4v) is 2.37. The first-order valence-electron chi connectivity index (χ1n) is 6.73. The van der Waals surface area contributed by atoms with Gasteiger partial charge in [-0.05, 0) is 36.8 Å². The molecule has 2 aromatic carbocycles. The van der Waals surface area contributed by atoms with Gasteiger partial charge in [-0.3, -0.25) is 9.59 Å². The third-order valence-corrected chi connectivity index (χ3v) is 4.06. The molecule has 0 atom stereocenters. The minimum atomic E-state index is -0.939. The van der Waals surface area contributed by atoms with Crippen molar-refractivity contribution in [3.8, 4) is 0 Å². The lowest BCUT2D eigenvalue weighted by Crippen LogP contribution is -2.32. The van der Waals surface area contributed by atoms with Gasteiger partial charge in [-0.2, -0.15) is 5.10 Å². The van der Waals surface area contributed by atoms with E-state index in [0.717, 1.165) is 5.56 Å². The molecule has 2 amide bonds. The Balaban J connectivity index is 1.98. The molecule has 0 aliphatic carbocycles. The number of amides is 2. The molecule has 0 unspecified atom stereocenters. The van der Waals surface area contributed by atoms with E-state index in [9.17, 15) is 9.59 Å². The van der Waals surface area contributed by atoms with E-state index in [0.29, 0.717) is 26.3 Å². The molecule has 0 saturated heterocycles. The lowest BCUT2D eigenvalue weighted by Gasteiger charge is -2.06. The summed E-state index contributed by atoms with van der Waals surface area (Å²) < 4.78 is 0. The summed E-state index contributed by atoms with van der Waals surface area (Å²) in [4.78, 5) is 23.5. The van der Waals surface area contributed by atoms with Crippen LogP contribution in [0.2, 0.25) is 15.1 Å². The molecule has 0 fully saturated rings. The quantitative estimate of drug-likeness (QED) is 0.476. The lowest BCUT2D eigenvalue weighted by molar-refractivity contribution is -0.136. The Bertz CT molecular complexity index is 802. The summed E-state index contributed by atoms with van der Waals surface area (Å²) in [5, 5.41) is 7.33. The Kier molecular flexibility index (Phi) is 6.20. The Hall–Kier alpha value is -2.08. The summed E-state index contributed by atoms with van der Waals surface area (Å²) in [6.07, 6.45) is 1.26. The SMILES string of the molecule is Cc1ccc(NC(=O)C(=O)N/N=C\c2c(Cl)cccc2Cl)cc1Cl. The van der Waals surface area contributed by atoms with Crippen LogP contribution in [0.5, 0.6) is 0 Å². The molecule has 5 nitrogen and oxygen atoms in total. The minimum Gasteiger partial charge on any atom is -0.318 e. The normalized spacial score (nSPS) is 10.7. The molecule has 124 valence electrons. The highest BCUT2D eigenvalue weighted by Crippen LogP contribution is 2.22. The van der Waals surface area contributed by atoms with E-state index in [2.05, 4.69) is 15.8 Å². The number of nitrogens with one attached hydrogen (secondary N) is 2. The minimum absolute atomic E-state index is 0.374. The monoisotopic (exact) mass is 383 g/mol. The van der Waals surface area contributed by atoms with Crippen molar-refractivity contribution in [2.45, 2.75) is 6.92 Å². The van der Waals surface area contributed by atoms with Crippen molar-refractivity contribution in [1.29, 1.82) is 0 Å². The van der Waals surface area contributed by atoms with Gasteiger partial charge < -0.3 is 5.32 Å². The molecule has 0 bridgehead atoms.